The number of alkyl halides is 3. The van der Waals surface area contributed by atoms with Gasteiger partial charge in [0.05, 0.1) is 11.6 Å². The molecule has 1 heterocycles. The molecule has 3 rings (SSSR count). The van der Waals surface area contributed by atoms with E-state index in [1.54, 1.807) is 0 Å². The first kappa shape index (κ1) is 26.7. The lowest BCUT2D eigenvalue weighted by Crippen LogP contribution is -2.50. The molecule has 0 saturated carbocycles. The number of carbonyl (C=O) groups excluding carboxylic acids is 2. The Hall–Kier alpha value is -2.95. The van der Waals surface area contributed by atoms with E-state index in [1.807, 2.05) is 30.3 Å². The first-order valence-corrected chi connectivity index (χ1v) is 11.7. The van der Waals surface area contributed by atoms with Gasteiger partial charge in [-0.3, -0.25) is 9.59 Å². The van der Waals surface area contributed by atoms with Crippen molar-refractivity contribution < 1.29 is 22.8 Å². The molecule has 0 radical (unpaired) electrons. The normalized spacial score (nSPS) is 18.1. The SMILES string of the molecule is N[C@H]1CCN(CC[C@H](N)C(=O)N[C@@H](CCc2ccccc2)C(=O)Nc2cccc(C(F)(F)F)c2)C1. The molecule has 1 saturated heterocycles. The van der Waals surface area contributed by atoms with Crippen molar-refractivity contribution in [1.82, 2.24) is 10.2 Å². The lowest BCUT2D eigenvalue weighted by Gasteiger charge is -2.22. The van der Waals surface area contributed by atoms with Crippen molar-refractivity contribution in [2.75, 3.05) is 25.0 Å². The molecule has 0 aliphatic carbocycles. The average molecular weight is 492 g/mol. The number of halogens is 3. The molecule has 0 bridgehead atoms. The number of hydrogen-bond acceptors (Lipinski definition) is 5. The number of hydrogen-bond donors (Lipinski definition) is 4. The summed E-state index contributed by atoms with van der Waals surface area (Å²) in [6, 6.07) is 12.1. The lowest BCUT2D eigenvalue weighted by molar-refractivity contribution is -0.137. The molecule has 6 N–H and O–H groups in total. The van der Waals surface area contributed by atoms with E-state index in [-0.39, 0.29) is 18.2 Å². The van der Waals surface area contributed by atoms with Gasteiger partial charge < -0.3 is 27.0 Å². The van der Waals surface area contributed by atoms with Gasteiger partial charge in [-0.25, -0.2) is 0 Å². The molecular formula is C25H32F3N5O2. The Kier molecular flexibility index (Phi) is 9.25. The smallest absolute Gasteiger partial charge is 0.343 e. The second kappa shape index (κ2) is 12.1. The zero-order valence-corrected chi connectivity index (χ0v) is 19.4. The number of benzene rings is 2. The Morgan fingerprint density at radius 2 is 1.80 bits per heavy atom. The molecule has 7 nitrogen and oxygen atoms in total. The Bertz CT molecular complexity index is 987. The lowest BCUT2D eigenvalue weighted by atomic mass is 10.0. The van der Waals surface area contributed by atoms with Gasteiger partial charge in [0, 0.05) is 24.8 Å². The summed E-state index contributed by atoms with van der Waals surface area (Å²) in [4.78, 5) is 27.9. The number of likely N-dealkylation sites (tertiary alicyclic amines) is 1. The van der Waals surface area contributed by atoms with E-state index >= 15 is 0 Å². The Morgan fingerprint density at radius 3 is 2.46 bits per heavy atom. The van der Waals surface area contributed by atoms with E-state index in [0.717, 1.165) is 37.2 Å². The van der Waals surface area contributed by atoms with Crippen molar-refractivity contribution >= 4 is 17.5 Å². The highest BCUT2D eigenvalue weighted by molar-refractivity contribution is 5.97. The van der Waals surface area contributed by atoms with Gasteiger partial charge in [-0.2, -0.15) is 13.2 Å². The van der Waals surface area contributed by atoms with Crippen molar-refractivity contribution in [2.24, 2.45) is 11.5 Å². The number of anilines is 1. The standard InChI is InChI=1S/C25H32F3N5O2/c26-25(27,28)18-7-4-8-20(15-18)31-24(35)22(10-9-17-5-2-1-3-6-17)32-23(34)21(30)12-14-33-13-11-19(29)16-33/h1-8,15,19,21-22H,9-14,16,29-30H2,(H,31,35)(H,32,34)/t19-,21-,22-/m0/s1. The van der Waals surface area contributed by atoms with Gasteiger partial charge in [-0.1, -0.05) is 36.4 Å². The van der Waals surface area contributed by atoms with Crippen molar-refractivity contribution in [3.63, 3.8) is 0 Å². The van der Waals surface area contributed by atoms with Gasteiger partial charge in [0.25, 0.3) is 0 Å². The molecule has 190 valence electrons. The predicted octanol–water partition coefficient (Wildman–Crippen LogP) is 2.51. The molecule has 1 aliphatic heterocycles. The van der Waals surface area contributed by atoms with Gasteiger partial charge in [0.2, 0.25) is 11.8 Å². The molecule has 1 aliphatic rings. The zero-order valence-electron chi connectivity index (χ0n) is 19.4. The molecule has 2 amide bonds. The third-order valence-corrected chi connectivity index (χ3v) is 6.06. The van der Waals surface area contributed by atoms with Crippen molar-refractivity contribution in [1.29, 1.82) is 0 Å². The Labute approximate surface area is 203 Å². The fourth-order valence-electron chi connectivity index (χ4n) is 4.02. The summed E-state index contributed by atoms with van der Waals surface area (Å²) in [5.74, 6) is -1.09. The molecule has 0 unspecified atom stereocenters. The maximum Gasteiger partial charge on any atom is 0.416 e. The summed E-state index contributed by atoms with van der Waals surface area (Å²) in [6.07, 6.45) is -2.48. The van der Waals surface area contributed by atoms with Gasteiger partial charge in [0.1, 0.15) is 6.04 Å². The van der Waals surface area contributed by atoms with Crippen LogP contribution in [0.1, 0.15) is 30.4 Å². The quantitative estimate of drug-likeness (QED) is 0.408. The molecule has 0 spiro atoms. The molecule has 2 aromatic rings. The molecule has 3 atom stereocenters. The van der Waals surface area contributed by atoms with E-state index in [1.165, 1.54) is 12.1 Å². The number of aryl methyl sites for hydroxylation is 1. The van der Waals surface area contributed by atoms with Crippen LogP contribution in [0, 0.1) is 0 Å². The highest BCUT2D eigenvalue weighted by Crippen LogP contribution is 2.30. The number of nitrogens with one attached hydrogen (secondary N) is 2. The largest absolute Gasteiger partial charge is 0.416 e. The molecule has 2 aromatic carbocycles. The molecule has 10 heteroatoms. The predicted molar refractivity (Wildman–Crippen MR) is 128 cm³/mol. The van der Waals surface area contributed by atoms with Gasteiger partial charge >= 0.3 is 6.18 Å². The fraction of sp³-hybridized carbons (Fsp3) is 0.440. The first-order chi connectivity index (χ1) is 16.6. The maximum absolute atomic E-state index is 13.0. The second-order valence-electron chi connectivity index (χ2n) is 8.90. The summed E-state index contributed by atoms with van der Waals surface area (Å²) in [5, 5.41) is 5.19. The van der Waals surface area contributed by atoms with Crippen molar-refractivity contribution in [3.8, 4) is 0 Å². The second-order valence-corrected chi connectivity index (χ2v) is 8.90. The zero-order chi connectivity index (χ0) is 25.4. The van der Waals surface area contributed by atoms with Crippen LogP contribution >= 0.6 is 0 Å². The Balaban J connectivity index is 1.64. The van der Waals surface area contributed by atoms with E-state index in [4.69, 9.17) is 11.5 Å². The van der Waals surface area contributed by atoms with Crippen LogP contribution < -0.4 is 22.1 Å². The highest BCUT2D eigenvalue weighted by Gasteiger charge is 2.31. The minimum atomic E-state index is -4.53. The maximum atomic E-state index is 13.0. The summed E-state index contributed by atoms with van der Waals surface area (Å²) in [6.45, 7) is 2.23. The van der Waals surface area contributed by atoms with Crippen LogP contribution in [0.2, 0.25) is 0 Å². The number of nitrogens with two attached hydrogens (primary N) is 2. The summed E-state index contributed by atoms with van der Waals surface area (Å²) in [5.41, 5.74) is 12.1. The van der Waals surface area contributed by atoms with Crippen LogP contribution in [0.15, 0.2) is 54.6 Å². The third-order valence-electron chi connectivity index (χ3n) is 6.06. The molecule has 35 heavy (non-hydrogen) atoms. The van der Waals surface area contributed by atoms with E-state index in [9.17, 15) is 22.8 Å². The van der Waals surface area contributed by atoms with Crippen LogP contribution in [0.4, 0.5) is 18.9 Å². The molecule has 1 fully saturated rings. The highest BCUT2D eigenvalue weighted by atomic mass is 19.4. The molecular weight excluding hydrogens is 459 g/mol. The van der Waals surface area contributed by atoms with Crippen LogP contribution in [-0.4, -0.2) is 54.5 Å². The molecule has 0 aromatic heterocycles. The average Bonchev–Trinajstić information content (AvgIpc) is 3.25. The summed E-state index contributed by atoms with van der Waals surface area (Å²) < 4.78 is 39.1. The number of nitrogens with zero attached hydrogens (tertiary/aromatic N) is 1. The number of amides is 2. The number of carbonyl (C=O) groups is 2. The van der Waals surface area contributed by atoms with Crippen LogP contribution in [-0.2, 0) is 22.2 Å². The van der Waals surface area contributed by atoms with Crippen LogP contribution in [0.25, 0.3) is 0 Å². The fourth-order valence-corrected chi connectivity index (χ4v) is 4.02. The van der Waals surface area contributed by atoms with E-state index in [2.05, 4.69) is 15.5 Å². The summed E-state index contributed by atoms with van der Waals surface area (Å²) >= 11 is 0. The van der Waals surface area contributed by atoms with Crippen molar-refractivity contribution in [3.05, 3.63) is 65.7 Å². The third kappa shape index (κ3) is 8.34. The van der Waals surface area contributed by atoms with Crippen molar-refractivity contribution in [2.45, 2.75) is 50.0 Å². The van der Waals surface area contributed by atoms with E-state index < -0.39 is 35.6 Å². The summed E-state index contributed by atoms with van der Waals surface area (Å²) in [7, 11) is 0. The minimum Gasteiger partial charge on any atom is -0.343 e. The van der Waals surface area contributed by atoms with Gasteiger partial charge in [0.15, 0.2) is 0 Å². The van der Waals surface area contributed by atoms with E-state index in [0.29, 0.717) is 19.4 Å². The van der Waals surface area contributed by atoms with Gasteiger partial charge in [-0.05, 0) is 56.0 Å². The topological polar surface area (TPSA) is 113 Å². The minimum absolute atomic E-state index is 0.00143. The van der Waals surface area contributed by atoms with Crippen LogP contribution in [0.5, 0.6) is 0 Å². The Morgan fingerprint density at radius 1 is 1.06 bits per heavy atom. The van der Waals surface area contributed by atoms with Gasteiger partial charge in [-0.15, -0.1) is 0 Å². The number of rotatable bonds is 10. The monoisotopic (exact) mass is 491 g/mol. The van der Waals surface area contributed by atoms with Crippen LogP contribution in [0.3, 0.4) is 0 Å². The first-order valence-electron chi connectivity index (χ1n) is 11.7.